The smallest absolute Gasteiger partial charge is 0.407 e. The van der Waals surface area contributed by atoms with Gasteiger partial charge in [0.1, 0.15) is 11.9 Å². The summed E-state index contributed by atoms with van der Waals surface area (Å²) in [5.41, 5.74) is 1.62. The molecule has 3 heterocycles. The molecule has 1 N–H and O–H groups in total. The Bertz CT molecular complexity index is 686. The largest absolute Gasteiger partial charge is 0.494 e. The van der Waals surface area contributed by atoms with Crippen molar-refractivity contribution >= 4 is 6.09 Å². The van der Waals surface area contributed by atoms with Crippen molar-refractivity contribution < 1.29 is 19.4 Å². The fourth-order valence-corrected chi connectivity index (χ4v) is 2.28. The zero-order valence-electron chi connectivity index (χ0n) is 12.0. The minimum Gasteiger partial charge on any atom is -0.494 e. The molecule has 0 aliphatic carbocycles. The highest BCUT2D eigenvalue weighted by Crippen LogP contribution is 2.35. The van der Waals surface area contributed by atoms with E-state index in [1.807, 2.05) is 18.2 Å². The molecule has 2 aromatic heterocycles. The minimum atomic E-state index is -0.933. The molecule has 1 aliphatic rings. The van der Waals surface area contributed by atoms with Crippen LogP contribution in [0.3, 0.4) is 0 Å². The number of carbonyl (C=O) groups is 1. The summed E-state index contributed by atoms with van der Waals surface area (Å²) in [7, 11) is 1.58. The second-order valence-corrected chi connectivity index (χ2v) is 4.86. The summed E-state index contributed by atoms with van der Waals surface area (Å²) in [5.74, 6) is 1.09. The van der Waals surface area contributed by atoms with Crippen LogP contribution < -0.4 is 9.47 Å². The summed E-state index contributed by atoms with van der Waals surface area (Å²) in [5, 5.41) is 8.85. The number of ether oxygens (including phenoxy) is 2. The molecule has 1 fully saturated rings. The SMILES string of the molecule is COc1cnccc1-c1cccnc1OC1CN(C(=O)O)C1. The first-order valence-corrected chi connectivity index (χ1v) is 6.77. The van der Waals surface area contributed by atoms with Gasteiger partial charge < -0.3 is 19.5 Å². The number of likely N-dealkylation sites (tertiary alicyclic amines) is 1. The first-order chi connectivity index (χ1) is 10.7. The Morgan fingerprint density at radius 2 is 2.14 bits per heavy atom. The van der Waals surface area contributed by atoms with Crippen LogP contribution in [0.25, 0.3) is 11.1 Å². The van der Waals surface area contributed by atoms with Gasteiger partial charge in [-0.15, -0.1) is 0 Å². The fourth-order valence-electron chi connectivity index (χ4n) is 2.28. The van der Waals surface area contributed by atoms with Crippen LogP contribution in [0.1, 0.15) is 0 Å². The molecular weight excluding hydrogens is 286 g/mol. The van der Waals surface area contributed by atoms with Crippen LogP contribution in [-0.2, 0) is 0 Å². The quantitative estimate of drug-likeness (QED) is 0.928. The zero-order valence-corrected chi connectivity index (χ0v) is 12.0. The number of pyridine rings is 2. The van der Waals surface area contributed by atoms with Crippen LogP contribution in [0.4, 0.5) is 4.79 Å². The summed E-state index contributed by atoms with van der Waals surface area (Å²) in [6, 6.07) is 5.52. The van der Waals surface area contributed by atoms with Crippen LogP contribution in [0.5, 0.6) is 11.6 Å². The number of hydrogen-bond acceptors (Lipinski definition) is 5. The van der Waals surface area contributed by atoms with Gasteiger partial charge in [-0.05, 0) is 18.2 Å². The van der Waals surface area contributed by atoms with Crippen molar-refractivity contribution in [2.45, 2.75) is 6.10 Å². The summed E-state index contributed by atoms with van der Waals surface area (Å²) in [4.78, 5) is 20.4. The first-order valence-electron chi connectivity index (χ1n) is 6.77. The van der Waals surface area contributed by atoms with Crippen molar-refractivity contribution in [2.24, 2.45) is 0 Å². The third-order valence-electron chi connectivity index (χ3n) is 3.46. The van der Waals surface area contributed by atoms with E-state index in [9.17, 15) is 4.79 Å². The molecule has 22 heavy (non-hydrogen) atoms. The van der Waals surface area contributed by atoms with Crippen molar-refractivity contribution in [2.75, 3.05) is 20.2 Å². The van der Waals surface area contributed by atoms with Gasteiger partial charge in [-0.25, -0.2) is 9.78 Å². The first kappa shape index (κ1) is 14.1. The highest BCUT2D eigenvalue weighted by atomic mass is 16.5. The topological polar surface area (TPSA) is 84.8 Å². The number of nitrogens with zero attached hydrogens (tertiary/aromatic N) is 3. The maximum Gasteiger partial charge on any atom is 0.407 e. The third-order valence-corrected chi connectivity index (χ3v) is 3.46. The maximum absolute atomic E-state index is 10.8. The Labute approximate surface area is 127 Å². The van der Waals surface area contributed by atoms with Gasteiger partial charge in [0.2, 0.25) is 5.88 Å². The summed E-state index contributed by atoms with van der Waals surface area (Å²) in [6.07, 6.45) is 3.82. The predicted octanol–water partition coefficient (Wildman–Crippen LogP) is 1.89. The summed E-state index contributed by atoms with van der Waals surface area (Å²) >= 11 is 0. The van der Waals surface area contributed by atoms with Crippen molar-refractivity contribution in [3.8, 4) is 22.8 Å². The van der Waals surface area contributed by atoms with E-state index in [2.05, 4.69) is 9.97 Å². The van der Waals surface area contributed by atoms with Crippen LogP contribution in [0, 0.1) is 0 Å². The molecule has 0 spiro atoms. The molecule has 7 heteroatoms. The molecule has 114 valence electrons. The summed E-state index contributed by atoms with van der Waals surface area (Å²) in [6.45, 7) is 0.692. The van der Waals surface area contributed by atoms with Crippen molar-refractivity contribution in [1.29, 1.82) is 0 Å². The van der Waals surface area contributed by atoms with Crippen LogP contribution in [-0.4, -0.2) is 52.4 Å². The van der Waals surface area contributed by atoms with Crippen molar-refractivity contribution in [3.63, 3.8) is 0 Å². The van der Waals surface area contributed by atoms with E-state index in [0.29, 0.717) is 24.7 Å². The molecule has 0 unspecified atom stereocenters. The van der Waals surface area contributed by atoms with Gasteiger partial charge in [0.25, 0.3) is 0 Å². The molecule has 2 aromatic rings. The van der Waals surface area contributed by atoms with Gasteiger partial charge in [0, 0.05) is 23.5 Å². The highest BCUT2D eigenvalue weighted by Gasteiger charge is 2.33. The van der Waals surface area contributed by atoms with E-state index in [4.69, 9.17) is 14.6 Å². The molecule has 0 aromatic carbocycles. The Hall–Kier alpha value is -2.83. The molecule has 3 rings (SSSR count). The van der Waals surface area contributed by atoms with E-state index in [1.54, 1.807) is 25.7 Å². The van der Waals surface area contributed by atoms with Crippen LogP contribution >= 0.6 is 0 Å². The lowest BCUT2D eigenvalue weighted by molar-refractivity contribution is 0.0231. The average molecular weight is 301 g/mol. The van der Waals surface area contributed by atoms with Gasteiger partial charge in [0.15, 0.2) is 0 Å². The molecule has 1 amide bonds. The number of methoxy groups -OCH3 is 1. The van der Waals surface area contributed by atoms with Gasteiger partial charge in [-0.3, -0.25) is 4.98 Å². The fraction of sp³-hybridized carbons (Fsp3) is 0.267. The number of hydrogen-bond donors (Lipinski definition) is 1. The van der Waals surface area contributed by atoms with E-state index >= 15 is 0 Å². The second-order valence-electron chi connectivity index (χ2n) is 4.86. The number of rotatable bonds is 4. The van der Waals surface area contributed by atoms with Gasteiger partial charge in [-0.2, -0.15) is 0 Å². The number of aromatic nitrogens is 2. The molecule has 1 aliphatic heterocycles. The van der Waals surface area contributed by atoms with E-state index < -0.39 is 6.09 Å². The molecule has 1 saturated heterocycles. The Kier molecular flexibility index (Phi) is 3.78. The normalized spacial score (nSPS) is 14.3. The van der Waals surface area contributed by atoms with Crippen molar-refractivity contribution in [3.05, 3.63) is 36.8 Å². The van der Waals surface area contributed by atoms with Crippen LogP contribution in [0.2, 0.25) is 0 Å². The molecule has 0 saturated carbocycles. The predicted molar refractivity (Wildman–Crippen MR) is 78.0 cm³/mol. The summed E-state index contributed by atoms with van der Waals surface area (Å²) < 4.78 is 11.1. The van der Waals surface area contributed by atoms with E-state index in [-0.39, 0.29) is 6.10 Å². The lowest BCUT2D eigenvalue weighted by Gasteiger charge is -2.36. The van der Waals surface area contributed by atoms with Crippen molar-refractivity contribution in [1.82, 2.24) is 14.9 Å². The van der Waals surface area contributed by atoms with E-state index in [0.717, 1.165) is 11.1 Å². The van der Waals surface area contributed by atoms with Crippen LogP contribution in [0.15, 0.2) is 36.8 Å². The Balaban J connectivity index is 1.83. The third kappa shape index (κ3) is 2.65. The standard InChI is InChI=1S/C15H15N3O4/c1-21-13-7-16-6-4-11(13)12-3-2-5-17-14(12)22-10-8-18(9-10)15(19)20/h2-7,10H,8-9H2,1H3,(H,19,20). The number of amides is 1. The Morgan fingerprint density at radius 1 is 1.32 bits per heavy atom. The lowest BCUT2D eigenvalue weighted by atomic mass is 10.1. The maximum atomic E-state index is 10.8. The highest BCUT2D eigenvalue weighted by molar-refractivity contribution is 5.73. The molecule has 0 atom stereocenters. The van der Waals surface area contributed by atoms with Gasteiger partial charge >= 0.3 is 6.09 Å². The second kappa shape index (κ2) is 5.88. The van der Waals surface area contributed by atoms with Gasteiger partial charge in [-0.1, -0.05) is 0 Å². The molecule has 0 radical (unpaired) electrons. The van der Waals surface area contributed by atoms with Gasteiger partial charge in [0.05, 0.1) is 26.4 Å². The average Bonchev–Trinajstić information content (AvgIpc) is 2.50. The zero-order chi connectivity index (χ0) is 15.5. The monoisotopic (exact) mass is 301 g/mol. The number of carboxylic acid groups (broad SMARTS) is 1. The van der Waals surface area contributed by atoms with E-state index in [1.165, 1.54) is 4.90 Å². The lowest BCUT2D eigenvalue weighted by Crippen LogP contribution is -2.55. The minimum absolute atomic E-state index is 0.183. The Morgan fingerprint density at radius 3 is 2.86 bits per heavy atom. The molecule has 0 bridgehead atoms. The molecular formula is C15H15N3O4. The molecule has 7 nitrogen and oxygen atoms in total.